The molecule has 0 aliphatic carbocycles. The molecule has 24 heavy (non-hydrogen) atoms. The van der Waals surface area contributed by atoms with Crippen LogP contribution < -0.4 is 0 Å². The molecule has 120 valence electrons. The normalized spacial score (nSPS) is 10.7. The van der Waals surface area contributed by atoms with Gasteiger partial charge in [0, 0.05) is 4.98 Å². The van der Waals surface area contributed by atoms with Gasteiger partial charge < -0.3 is 20.2 Å². The molecule has 1 heterocycles. The molecule has 0 bridgehead atoms. The molecule has 9 heteroatoms. The third-order valence-corrected chi connectivity index (χ3v) is 3.40. The summed E-state index contributed by atoms with van der Waals surface area (Å²) < 4.78 is 0.975. The van der Waals surface area contributed by atoms with E-state index in [1.807, 2.05) is 12.1 Å². The second kappa shape index (κ2) is 6.24. The van der Waals surface area contributed by atoms with E-state index in [4.69, 9.17) is 0 Å². The minimum atomic E-state index is -0.851. The molecular formula is C15H11N5O4. The van der Waals surface area contributed by atoms with Crippen LogP contribution in [0.15, 0.2) is 60.7 Å². The maximum absolute atomic E-state index is 11.3. The van der Waals surface area contributed by atoms with Crippen molar-refractivity contribution in [1.29, 1.82) is 0 Å². The molecule has 0 amide bonds. The van der Waals surface area contributed by atoms with E-state index in [9.17, 15) is 20.2 Å². The van der Waals surface area contributed by atoms with Gasteiger partial charge >= 0.3 is 11.9 Å². The SMILES string of the molecule is O=[N+]([O-])c1nc([N+](=O)[O-])n(C(c2ccccc2)c2ccccc2)n1. The average molecular weight is 325 g/mol. The molecule has 0 N–H and O–H groups in total. The fraction of sp³-hybridized carbons (Fsp3) is 0.0667. The third-order valence-electron chi connectivity index (χ3n) is 3.40. The number of aromatic nitrogens is 3. The first-order valence-corrected chi connectivity index (χ1v) is 6.93. The van der Waals surface area contributed by atoms with E-state index in [-0.39, 0.29) is 0 Å². The van der Waals surface area contributed by atoms with Gasteiger partial charge in [0.2, 0.25) is 0 Å². The molecule has 0 saturated heterocycles. The van der Waals surface area contributed by atoms with E-state index in [0.29, 0.717) is 11.1 Å². The number of nitrogens with zero attached hydrogens (tertiary/aromatic N) is 5. The van der Waals surface area contributed by atoms with E-state index in [0.717, 1.165) is 4.68 Å². The Morgan fingerprint density at radius 1 is 0.833 bits per heavy atom. The Morgan fingerprint density at radius 3 is 1.75 bits per heavy atom. The zero-order valence-electron chi connectivity index (χ0n) is 12.2. The van der Waals surface area contributed by atoms with Crippen LogP contribution in [0.25, 0.3) is 0 Å². The summed E-state index contributed by atoms with van der Waals surface area (Å²) in [5.41, 5.74) is 1.40. The Labute approximate surface area is 135 Å². The Balaban J connectivity index is 2.24. The van der Waals surface area contributed by atoms with Crippen molar-refractivity contribution in [2.75, 3.05) is 0 Å². The van der Waals surface area contributed by atoms with Crippen molar-refractivity contribution < 1.29 is 9.85 Å². The molecular weight excluding hydrogens is 314 g/mol. The molecule has 0 radical (unpaired) electrons. The first-order chi connectivity index (χ1) is 11.6. The maximum Gasteiger partial charge on any atom is 0.508 e. The van der Waals surface area contributed by atoms with Crippen molar-refractivity contribution in [2.45, 2.75) is 6.04 Å². The van der Waals surface area contributed by atoms with Crippen molar-refractivity contribution in [2.24, 2.45) is 0 Å². The molecule has 0 fully saturated rings. The van der Waals surface area contributed by atoms with Gasteiger partial charge in [-0.15, -0.1) is 0 Å². The summed E-state index contributed by atoms with van der Waals surface area (Å²) in [6.45, 7) is 0. The molecule has 0 aliphatic heterocycles. The lowest BCUT2D eigenvalue weighted by molar-refractivity contribution is -0.404. The number of rotatable bonds is 5. The van der Waals surface area contributed by atoms with Gasteiger partial charge in [0.05, 0.1) is 5.10 Å². The number of hydrogen-bond donors (Lipinski definition) is 0. The summed E-state index contributed by atoms with van der Waals surface area (Å²) in [5.74, 6) is -1.49. The van der Waals surface area contributed by atoms with Gasteiger partial charge in [0.25, 0.3) is 0 Å². The zero-order chi connectivity index (χ0) is 17.1. The molecule has 0 aliphatic rings. The minimum Gasteiger partial charge on any atom is -0.390 e. The third kappa shape index (κ3) is 2.82. The number of hydrogen-bond acceptors (Lipinski definition) is 6. The van der Waals surface area contributed by atoms with Crippen molar-refractivity contribution in [3.05, 3.63) is 92.0 Å². The van der Waals surface area contributed by atoms with Crippen LogP contribution in [0.2, 0.25) is 0 Å². The standard InChI is InChI=1S/C15H11N5O4/c21-19(22)14-16-15(20(23)24)18(17-14)13(11-7-3-1-4-8-11)12-9-5-2-6-10-12/h1-10,13H. The van der Waals surface area contributed by atoms with Gasteiger partial charge in [-0.1, -0.05) is 65.3 Å². The summed E-state index contributed by atoms with van der Waals surface area (Å²) in [6.07, 6.45) is 0. The summed E-state index contributed by atoms with van der Waals surface area (Å²) >= 11 is 0. The van der Waals surface area contributed by atoms with E-state index in [1.165, 1.54) is 0 Å². The molecule has 3 aromatic rings. The predicted molar refractivity (Wildman–Crippen MR) is 83.5 cm³/mol. The van der Waals surface area contributed by atoms with Crippen LogP contribution >= 0.6 is 0 Å². The summed E-state index contributed by atoms with van der Waals surface area (Å²) in [5, 5.41) is 26.0. The van der Waals surface area contributed by atoms with Crippen molar-refractivity contribution in [3.8, 4) is 0 Å². The van der Waals surface area contributed by atoms with Crippen LogP contribution in [-0.4, -0.2) is 24.6 Å². The molecule has 0 atom stereocenters. The smallest absolute Gasteiger partial charge is 0.390 e. The van der Waals surface area contributed by atoms with Crippen molar-refractivity contribution in [3.63, 3.8) is 0 Å². The highest BCUT2D eigenvalue weighted by molar-refractivity contribution is 5.34. The van der Waals surface area contributed by atoms with E-state index in [2.05, 4.69) is 10.1 Å². The highest BCUT2D eigenvalue weighted by Gasteiger charge is 2.35. The van der Waals surface area contributed by atoms with Crippen LogP contribution in [0.1, 0.15) is 17.2 Å². The Bertz CT molecular complexity index is 840. The summed E-state index contributed by atoms with van der Waals surface area (Å²) in [6, 6.07) is 17.1. The lowest BCUT2D eigenvalue weighted by Gasteiger charge is -2.13. The molecule has 0 spiro atoms. The monoisotopic (exact) mass is 325 g/mol. The Morgan fingerprint density at radius 2 is 1.33 bits per heavy atom. The zero-order valence-corrected chi connectivity index (χ0v) is 12.2. The highest BCUT2D eigenvalue weighted by Crippen LogP contribution is 2.30. The quantitative estimate of drug-likeness (QED) is 0.526. The second-order valence-corrected chi connectivity index (χ2v) is 4.89. The molecule has 0 unspecified atom stereocenters. The lowest BCUT2D eigenvalue weighted by Crippen LogP contribution is -2.16. The minimum absolute atomic E-state index is 0.681. The second-order valence-electron chi connectivity index (χ2n) is 4.89. The summed E-state index contributed by atoms with van der Waals surface area (Å²) in [4.78, 5) is 24.0. The lowest BCUT2D eigenvalue weighted by atomic mass is 9.99. The van der Waals surface area contributed by atoms with Crippen LogP contribution in [-0.2, 0) is 0 Å². The number of benzene rings is 2. The fourth-order valence-electron chi connectivity index (χ4n) is 2.42. The molecule has 9 nitrogen and oxygen atoms in total. The van der Waals surface area contributed by atoms with Gasteiger partial charge in [-0.25, -0.2) is 0 Å². The van der Waals surface area contributed by atoms with E-state index in [1.54, 1.807) is 48.5 Å². The fourth-order valence-corrected chi connectivity index (χ4v) is 2.42. The highest BCUT2D eigenvalue weighted by atomic mass is 16.6. The van der Waals surface area contributed by atoms with Gasteiger partial charge in [-0.3, -0.25) is 0 Å². The van der Waals surface area contributed by atoms with Gasteiger partial charge in [-0.05, 0) is 21.0 Å². The van der Waals surface area contributed by atoms with Crippen LogP contribution in [0.4, 0.5) is 11.9 Å². The Hall–Kier alpha value is -3.62. The summed E-state index contributed by atoms with van der Waals surface area (Å²) in [7, 11) is 0. The van der Waals surface area contributed by atoms with E-state index < -0.39 is 27.8 Å². The van der Waals surface area contributed by atoms with Crippen molar-refractivity contribution >= 4 is 11.9 Å². The maximum atomic E-state index is 11.3. The molecule has 0 saturated carbocycles. The molecule has 1 aromatic heterocycles. The van der Waals surface area contributed by atoms with Gasteiger partial charge in [-0.2, -0.15) is 0 Å². The average Bonchev–Trinajstić information content (AvgIpc) is 3.03. The molecule has 3 rings (SSSR count). The first kappa shape index (κ1) is 15.3. The largest absolute Gasteiger partial charge is 0.508 e. The molecule has 2 aromatic carbocycles. The van der Waals surface area contributed by atoms with Crippen molar-refractivity contribution in [1.82, 2.24) is 14.8 Å². The van der Waals surface area contributed by atoms with Gasteiger partial charge in [0.1, 0.15) is 0 Å². The topological polar surface area (TPSA) is 117 Å². The number of nitro groups is 2. The van der Waals surface area contributed by atoms with Crippen LogP contribution in [0.5, 0.6) is 0 Å². The van der Waals surface area contributed by atoms with Crippen LogP contribution in [0, 0.1) is 20.2 Å². The first-order valence-electron chi connectivity index (χ1n) is 6.93. The predicted octanol–water partition coefficient (Wildman–Crippen LogP) is 2.73. The van der Waals surface area contributed by atoms with Gasteiger partial charge in [0.15, 0.2) is 6.04 Å². The Kier molecular flexibility index (Phi) is 3.98. The van der Waals surface area contributed by atoms with E-state index >= 15 is 0 Å². The van der Waals surface area contributed by atoms with Crippen LogP contribution in [0.3, 0.4) is 0 Å².